The van der Waals surface area contributed by atoms with Crippen molar-refractivity contribution in [2.75, 3.05) is 22.8 Å². The fraction of sp³-hybridized carbons (Fsp3) is 0.600. The molecule has 0 aromatic heterocycles. The van der Waals surface area contributed by atoms with Gasteiger partial charge in [0.05, 0.1) is 29.4 Å². The molecule has 2 aliphatic rings. The average Bonchev–Trinajstić information content (AvgIpc) is 2.94. The third-order valence-corrected chi connectivity index (χ3v) is 8.66. The predicted octanol–water partition coefficient (Wildman–Crippen LogP) is 4.63. The number of nitrogens with zero attached hydrogens (tertiary/aromatic N) is 2. The van der Waals surface area contributed by atoms with Crippen LogP contribution in [-0.2, 0) is 23.9 Å². The fourth-order valence-electron chi connectivity index (χ4n) is 4.41. The molecule has 0 saturated heterocycles. The molecule has 2 aliphatic heterocycles. The van der Waals surface area contributed by atoms with E-state index in [0.29, 0.717) is 12.2 Å². The number of hydrogen-bond acceptors (Lipinski definition) is 7. The highest BCUT2D eigenvalue weighted by Gasteiger charge is 2.48. The van der Waals surface area contributed by atoms with E-state index in [4.69, 9.17) is 4.52 Å². The van der Waals surface area contributed by atoms with Crippen LogP contribution >= 0.6 is 7.52 Å². The normalized spacial score (nSPS) is 22.8. The van der Waals surface area contributed by atoms with E-state index in [1.165, 1.54) is 12.1 Å². The number of carbonyl (C=O) groups excluding carboxylic acids is 1. The highest BCUT2D eigenvalue weighted by atomic mass is 32.2. The Morgan fingerprint density at radius 1 is 1.22 bits per heavy atom. The summed E-state index contributed by atoms with van der Waals surface area (Å²) in [5.41, 5.74) is 0.0112. The third kappa shape index (κ3) is 6.56. The summed E-state index contributed by atoms with van der Waals surface area (Å²) >= 11 is 0. The Morgan fingerprint density at radius 3 is 2.35 bits per heavy atom. The van der Waals surface area contributed by atoms with Gasteiger partial charge in [-0.25, -0.2) is 8.42 Å². The van der Waals surface area contributed by atoms with Gasteiger partial charge in [-0.15, -0.1) is 0 Å². The molecule has 3 rings (SSSR count). The molecule has 0 radical (unpaired) electrons. The summed E-state index contributed by atoms with van der Waals surface area (Å²) in [6.07, 6.45) is 1.25. The first-order chi connectivity index (χ1) is 16.7. The Kier molecular flexibility index (Phi) is 7.69. The van der Waals surface area contributed by atoms with Gasteiger partial charge in [0.1, 0.15) is 11.3 Å². The largest absolute Gasteiger partial charge is 0.509 e. The molecular weight excluding hydrogens is 515 g/mol. The van der Waals surface area contributed by atoms with Crippen LogP contribution in [0, 0.1) is 10.8 Å². The highest BCUT2D eigenvalue weighted by molar-refractivity contribution is 7.92. The fourth-order valence-corrected chi connectivity index (χ4v) is 6.95. The van der Waals surface area contributed by atoms with E-state index in [9.17, 15) is 22.9 Å². The minimum absolute atomic E-state index is 0.0286. The average molecular weight is 555 g/mol. The van der Waals surface area contributed by atoms with Crippen molar-refractivity contribution in [1.82, 2.24) is 4.90 Å². The lowest BCUT2D eigenvalue weighted by Gasteiger charge is -2.36. The molecule has 37 heavy (non-hydrogen) atoms. The van der Waals surface area contributed by atoms with E-state index >= 15 is 0 Å². The van der Waals surface area contributed by atoms with E-state index in [2.05, 4.69) is 35.6 Å². The molecule has 0 aliphatic carbocycles. The SMILES string of the molecule is CC(C)OP1(=O)N=C(C2=C(O)C(C(C)(C)C)N(CCC(C)(C)C)C2=O)Nc2ccc(NS(C)(=O)=O)cc21. The maximum atomic E-state index is 14.1. The van der Waals surface area contributed by atoms with Crippen molar-refractivity contribution in [2.24, 2.45) is 15.6 Å². The number of anilines is 2. The summed E-state index contributed by atoms with van der Waals surface area (Å²) in [6, 6.07) is 3.87. The molecule has 10 nitrogen and oxygen atoms in total. The van der Waals surface area contributed by atoms with E-state index < -0.39 is 41.0 Å². The third-order valence-electron chi connectivity index (χ3n) is 5.91. The predicted molar refractivity (Wildman–Crippen MR) is 148 cm³/mol. The van der Waals surface area contributed by atoms with Gasteiger partial charge in [-0.05, 0) is 49.3 Å². The number of hydrogen-bond donors (Lipinski definition) is 3. The number of nitrogens with one attached hydrogen (secondary N) is 2. The number of fused-ring (bicyclic) bond motifs is 1. The number of amides is 1. The van der Waals surface area contributed by atoms with Gasteiger partial charge in [0.25, 0.3) is 5.91 Å². The molecule has 1 amide bonds. The number of carbonyl (C=O) groups is 1. The van der Waals surface area contributed by atoms with Crippen LogP contribution in [-0.4, -0.2) is 55.1 Å². The Morgan fingerprint density at radius 2 is 1.84 bits per heavy atom. The molecule has 0 fully saturated rings. The summed E-state index contributed by atoms with van der Waals surface area (Å²) in [5.74, 6) is -0.564. The van der Waals surface area contributed by atoms with Crippen molar-refractivity contribution in [2.45, 2.75) is 74.0 Å². The first kappa shape index (κ1) is 29.2. The topological polar surface area (TPSA) is 137 Å². The van der Waals surface area contributed by atoms with Crippen LogP contribution in [0.5, 0.6) is 0 Å². The number of benzene rings is 1. The number of aliphatic hydroxyl groups excluding tert-OH is 1. The number of aliphatic hydroxyl groups is 1. The van der Waals surface area contributed by atoms with Crippen LogP contribution in [0.25, 0.3) is 0 Å². The molecule has 1 aromatic rings. The second-order valence-corrected chi connectivity index (χ2v) is 15.9. The molecule has 0 bridgehead atoms. The van der Waals surface area contributed by atoms with Crippen LogP contribution in [0.4, 0.5) is 11.4 Å². The molecule has 2 unspecified atom stereocenters. The van der Waals surface area contributed by atoms with Crippen molar-refractivity contribution in [3.8, 4) is 0 Å². The molecule has 0 spiro atoms. The molecule has 206 valence electrons. The first-order valence-electron chi connectivity index (χ1n) is 12.2. The van der Waals surface area contributed by atoms with E-state index in [-0.39, 0.29) is 33.6 Å². The van der Waals surface area contributed by atoms with Crippen molar-refractivity contribution in [3.63, 3.8) is 0 Å². The molecule has 3 N–H and O–H groups in total. The number of rotatable bonds is 7. The van der Waals surface area contributed by atoms with Crippen molar-refractivity contribution >= 4 is 46.0 Å². The standard InChI is InChI=1S/C25H39N4O6PS/c1-15(2)35-36(32)18-14-16(28-37(9,33)34)10-11-17(18)26-22(27-36)19-20(30)21(25(6,7)8)29(23(19)31)13-12-24(3,4)5/h10-11,14-15,21,28,30H,12-13H2,1-9H3,(H,26,27,32). The molecule has 0 saturated carbocycles. The minimum Gasteiger partial charge on any atom is -0.509 e. The molecular formula is C25H39N4O6PS. The van der Waals surface area contributed by atoms with Gasteiger partial charge >= 0.3 is 7.52 Å². The lowest BCUT2D eigenvalue weighted by Crippen LogP contribution is -2.45. The molecule has 1 aromatic carbocycles. The smallest absolute Gasteiger partial charge is 0.348 e. The zero-order valence-electron chi connectivity index (χ0n) is 23.0. The minimum atomic E-state index is -3.96. The second kappa shape index (κ2) is 9.75. The van der Waals surface area contributed by atoms with Gasteiger partial charge in [-0.1, -0.05) is 41.5 Å². The summed E-state index contributed by atoms with van der Waals surface area (Å²) in [7, 11) is -7.53. The Hall–Kier alpha value is -2.36. The Labute approximate surface area is 220 Å². The Bertz CT molecular complexity index is 1310. The van der Waals surface area contributed by atoms with Gasteiger partial charge in [0, 0.05) is 12.2 Å². The van der Waals surface area contributed by atoms with E-state index in [0.717, 1.165) is 12.7 Å². The molecule has 2 atom stereocenters. The number of sulfonamides is 1. The van der Waals surface area contributed by atoms with Crippen LogP contribution in [0.15, 0.2) is 34.3 Å². The number of amidine groups is 1. The summed E-state index contributed by atoms with van der Waals surface area (Å²) < 4.78 is 50.1. The maximum absolute atomic E-state index is 14.1. The molecule has 2 heterocycles. The van der Waals surface area contributed by atoms with Crippen molar-refractivity contribution in [1.29, 1.82) is 0 Å². The van der Waals surface area contributed by atoms with Crippen molar-refractivity contribution < 1.29 is 27.4 Å². The zero-order chi connectivity index (χ0) is 28.1. The lowest BCUT2D eigenvalue weighted by atomic mass is 9.84. The zero-order valence-corrected chi connectivity index (χ0v) is 24.8. The van der Waals surface area contributed by atoms with Crippen LogP contribution in [0.2, 0.25) is 0 Å². The van der Waals surface area contributed by atoms with Gasteiger partial charge in [-0.2, -0.15) is 4.76 Å². The second-order valence-electron chi connectivity index (χ2n) is 12.2. The van der Waals surface area contributed by atoms with Gasteiger partial charge in [0.15, 0.2) is 5.84 Å². The summed E-state index contributed by atoms with van der Waals surface area (Å²) in [5, 5.41) is 14.6. The first-order valence-corrected chi connectivity index (χ1v) is 15.7. The monoisotopic (exact) mass is 554 g/mol. The highest BCUT2D eigenvalue weighted by Crippen LogP contribution is 2.54. The lowest BCUT2D eigenvalue weighted by molar-refractivity contribution is -0.128. The summed E-state index contributed by atoms with van der Waals surface area (Å²) in [6.45, 7) is 15.9. The van der Waals surface area contributed by atoms with Crippen molar-refractivity contribution in [3.05, 3.63) is 29.5 Å². The van der Waals surface area contributed by atoms with Gasteiger partial charge in [0.2, 0.25) is 10.0 Å². The quantitative estimate of drug-likeness (QED) is 0.418. The van der Waals surface area contributed by atoms with Gasteiger partial charge in [-0.3, -0.25) is 14.1 Å². The van der Waals surface area contributed by atoms with Crippen LogP contribution in [0.3, 0.4) is 0 Å². The van der Waals surface area contributed by atoms with E-state index in [1.807, 2.05) is 20.8 Å². The molecule has 12 heteroatoms. The van der Waals surface area contributed by atoms with E-state index in [1.54, 1.807) is 24.8 Å². The van der Waals surface area contributed by atoms with Gasteiger partial charge < -0.3 is 19.8 Å². The maximum Gasteiger partial charge on any atom is 0.348 e. The Balaban J connectivity index is 2.13. The summed E-state index contributed by atoms with van der Waals surface area (Å²) in [4.78, 5) is 15.4. The van der Waals surface area contributed by atoms with Crippen LogP contribution in [0.1, 0.15) is 61.8 Å². The van der Waals surface area contributed by atoms with Crippen LogP contribution < -0.4 is 15.3 Å².